The SMILES string of the molecule is CCOC(=O)C1=NOC(c2ccccc2)(c2ccccc2)C1.COC(=O)c1ccc(CNS(C)(=O)=O)cc1S(=O)(=O)NC(=O)Nc1nc(OC)cc(OC)n1.COc1cc(OC)n2nc(NS(=O)(=O)c3c(C(F)(F)F)ccnc3OC)nc2n1.Cc1[nH]n(C)c(=O)c1C(=O)c1ccc(C(F)(F)F)cc1S(C)(=O)=O. The molecule has 0 atom stereocenters. The number of nitrogens with zero attached hydrogens (tertiary/aromatic N) is 9. The summed E-state index contributed by atoms with van der Waals surface area (Å²) < 4.78 is 218. The van der Waals surface area contributed by atoms with Gasteiger partial charge in [-0.2, -0.15) is 50.8 Å². The Kier molecular flexibility index (Phi) is 26.4. The number of anilines is 2. The minimum atomic E-state index is -4.98. The highest BCUT2D eigenvalue weighted by Gasteiger charge is 2.46. The number of benzene rings is 4. The van der Waals surface area contributed by atoms with Crippen LogP contribution in [-0.4, -0.2) is 169 Å². The number of ether oxygens (including phenoxy) is 7. The number of halogens is 6. The van der Waals surface area contributed by atoms with Crippen LogP contribution in [-0.2, 0) is 90.6 Å². The summed E-state index contributed by atoms with van der Waals surface area (Å²) in [5.74, 6) is -3.82. The van der Waals surface area contributed by atoms with Crippen LogP contribution in [0.3, 0.4) is 0 Å². The van der Waals surface area contributed by atoms with Crippen molar-refractivity contribution >= 4 is 87.0 Å². The van der Waals surface area contributed by atoms with Crippen molar-refractivity contribution in [2.75, 3.05) is 71.8 Å². The van der Waals surface area contributed by atoms with Crippen LogP contribution in [0.1, 0.15) is 73.1 Å². The number of urea groups is 1. The first-order chi connectivity index (χ1) is 50.6. The zero-order valence-corrected chi connectivity index (χ0v) is 61.4. The van der Waals surface area contributed by atoms with Gasteiger partial charge in [0.2, 0.25) is 51.2 Å². The van der Waals surface area contributed by atoms with Gasteiger partial charge in [0.05, 0.1) is 95.7 Å². The summed E-state index contributed by atoms with van der Waals surface area (Å²) >= 11 is 0. The van der Waals surface area contributed by atoms with E-state index < -0.39 is 130 Å². The predicted molar refractivity (Wildman–Crippen MR) is 367 cm³/mol. The highest BCUT2D eigenvalue weighted by molar-refractivity contribution is 7.93. The topological polar surface area (TPSA) is 459 Å². The molecule has 4 aromatic carbocycles. The molecule has 578 valence electrons. The monoisotopic (exact) mass is 1590 g/mol. The third-order valence-corrected chi connectivity index (χ3v) is 19.1. The summed E-state index contributed by atoms with van der Waals surface area (Å²) in [6.07, 6.45) is -6.98. The van der Waals surface area contributed by atoms with E-state index >= 15 is 0 Å². The number of sulfonamides is 3. The number of methoxy groups -OCH3 is 6. The molecule has 0 saturated carbocycles. The maximum Gasteiger partial charge on any atom is 0.418 e. The van der Waals surface area contributed by atoms with Crippen LogP contribution < -0.4 is 48.7 Å². The minimum absolute atomic E-state index is 0.0408. The van der Waals surface area contributed by atoms with E-state index in [1.807, 2.05) is 65.4 Å². The van der Waals surface area contributed by atoms with Crippen molar-refractivity contribution in [3.8, 4) is 29.4 Å². The molecule has 9 aromatic rings. The van der Waals surface area contributed by atoms with Crippen LogP contribution >= 0.6 is 0 Å². The number of hydrogen-bond acceptors (Lipinski definition) is 28. The minimum Gasteiger partial charge on any atom is -0.481 e. The van der Waals surface area contributed by atoms with E-state index in [1.165, 1.54) is 60.6 Å². The van der Waals surface area contributed by atoms with Gasteiger partial charge in [-0.15, -0.1) is 5.10 Å². The summed E-state index contributed by atoms with van der Waals surface area (Å²) in [5.41, 5.74) is -2.67. The fourth-order valence-corrected chi connectivity index (χ4v) is 13.4. The number of aryl methyl sites for hydroxylation is 2. The highest BCUT2D eigenvalue weighted by atomic mass is 32.2. The zero-order chi connectivity index (χ0) is 80.1. The third kappa shape index (κ3) is 20.4. The smallest absolute Gasteiger partial charge is 0.418 e. The van der Waals surface area contributed by atoms with Crippen LogP contribution in [0.4, 0.5) is 43.0 Å². The number of pyridine rings is 1. The van der Waals surface area contributed by atoms with E-state index in [0.717, 1.165) is 65.2 Å². The number of carbonyl (C=O) groups is 4. The number of aromatic nitrogens is 9. The Morgan fingerprint density at radius 1 is 0.667 bits per heavy atom. The number of oxime groups is 1. The molecule has 0 radical (unpaired) electrons. The fraction of sp³-hybridized carbons (Fsp3) is 0.270. The first kappa shape index (κ1) is 83.4. The quantitative estimate of drug-likeness (QED) is 0.0288. The summed E-state index contributed by atoms with van der Waals surface area (Å²) in [4.78, 5) is 83.1. The summed E-state index contributed by atoms with van der Waals surface area (Å²) in [6.45, 7) is 3.27. The Morgan fingerprint density at radius 2 is 1.26 bits per heavy atom. The van der Waals surface area contributed by atoms with Crippen molar-refractivity contribution in [1.82, 2.24) is 53.8 Å². The predicted octanol–water partition coefficient (Wildman–Crippen LogP) is 6.15. The molecule has 0 aliphatic carbocycles. The molecular weight excluding hydrogens is 1530 g/mol. The van der Waals surface area contributed by atoms with Crippen LogP contribution in [0.5, 0.6) is 29.4 Å². The molecule has 35 nitrogen and oxygen atoms in total. The Morgan fingerprint density at radius 3 is 1.77 bits per heavy atom. The van der Waals surface area contributed by atoms with E-state index in [1.54, 1.807) is 11.6 Å². The van der Waals surface area contributed by atoms with Crippen molar-refractivity contribution in [2.24, 2.45) is 12.2 Å². The Balaban J connectivity index is 0.000000203. The average molecular weight is 1600 g/mol. The van der Waals surface area contributed by atoms with E-state index in [4.69, 9.17) is 33.3 Å². The van der Waals surface area contributed by atoms with Gasteiger partial charge >= 0.3 is 30.3 Å². The number of ketones is 1. The Hall–Kier alpha value is -11.8. The van der Waals surface area contributed by atoms with Gasteiger partial charge in [-0.1, -0.05) is 71.9 Å². The van der Waals surface area contributed by atoms with Crippen molar-refractivity contribution in [3.05, 3.63) is 182 Å². The largest absolute Gasteiger partial charge is 0.481 e. The second kappa shape index (κ2) is 34.2. The Labute approximate surface area is 610 Å². The number of esters is 2. The van der Waals surface area contributed by atoms with E-state index in [2.05, 4.69) is 55.0 Å². The molecule has 1 aliphatic rings. The van der Waals surface area contributed by atoms with E-state index in [9.17, 15) is 84.0 Å². The average Bonchev–Trinajstić information content (AvgIpc) is 1.48. The highest BCUT2D eigenvalue weighted by Crippen LogP contribution is 2.42. The van der Waals surface area contributed by atoms with Gasteiger partial charge < -0.3 is 38.0 Å². The van der Waals surface area contributed by atoms with Crippen molar-refractivity contribution in [1.29, 1.82) is 0 Å². The molecule has 0 bridgehead atoms. The standard InChI is InChI=1S/C18H17NO3.C17H21N5O9S2.C14H13F3N6O5S.C14H13F3N2O4S/c1-2-21-17(20)16-13-18(22-19-16,14-9-5-3-6-10-14)15-11-7-4-8-12-15;1-29-13-8-14(30-2)20-16(19-13)21-17(24)22-33(27,28)12-7-10(9-18-32(4,25)26)5-6-11(12)15(23)31-3;1-26-8-6-9(27-2)23-13(19-8)20-12(21-23)22-29(24,25)10-7(14(15,16)17)4-5-18-11(10)28-3;1-7-11(13(21)19(2)18-7)12(20)9-5-4-8(14(15,16)17)6-10(9)24(3,22)23/h3-12H,2,13H2,1H3;5-8,18H,9H2,1-4H3,(H2,19,20,21,22,24);4-6H,1-3H3,(H,21,22);4-6,18H,1-3H3. The molecule has 0 saturated heterocycles. The van der Waals surface area contributed by atoms with Gasteiger partial charge in [-0.05, 0) is 55.8 Å². The lowest BCUT2D eigenvalue weighted by molar-refractivity contribution is -0.140. The van der Waals surface area contributed by atoms with E-state index in [-0.39, 0.29) is 64.2 Å². The van der Waals surface area contributed by atoms with Crippen LogP contribution in [0.2, 0.25) is 0 Å². The third-order valence-electron chi connectivity index (χ3n) is 14.5. The number of fused-ring (bicyclic) bond motifs is 1. The molecule has 108 heavy (non-hydrogen) atoms. The molecule has 5 N–H and O–H groups in total. The number of hydrogen-bond donors (Lipinski definition) is 5. The van der Waals surface area contributed by atoms with Crippen LogP contribution in [0.15, 0.2) is 146 Å². The molecule has 6 heterocycles. The maximum absolute atomic E-state index is 13.3. The number of amides is 2. The molecule has 2 amide bonds. The van der Waals surface area contributed by atoms with Crippen LogP contribution in [0, 0.1) is 6.92 Å². The molecule has 1 aliphatic heterocycles. The molecule has 0 fully saturated rings. The summed E-state index contributed by atoms with van der Waals surface area (Å²) in [6, 6.07) is 26.9. The van der Waals surface area contributed by atoms with Gasteiger partial charge in [0, 0.05) is 48.4 Å². The second-order valence-corrected chi connectivity index (χ2v) is 29.0. The van der Waals surface area contributed by atoms with Crippen molar-refractivity contribution in [3.63, 3.8) is 0 Å². The first-order valence-electron chi connectivity index (χ1n) is 30.3. The summed E-state index contributed by atoms with van der Waals surface area (Å²) in [5, 5.41) is 12.5. The van der Waals surface area contributed by atoms with Crippen LogP contribution in [0.25, 0.3) is 5.78 Å². The first-order valence-corrected chi connectivity index (χ1v) is 37.0. The lowest BCUT2D eigenvalue weighted by atomic mass is 9.82. The molecule has 5 aromatic heterocycles. The van der Waals surface area contributed by atoms with Gasteiger partial charge in [0.15, 0.2) is 26.0 Å². The number of sulfone groups is 1. The number of aromatic amines is 1. The van der Waals surface area contributed by atoms with Gasteiger partial charge in [-0.25, -0.2) is 67.2 Å². The van der Waals surface area contributed by atoms with Crippen molar-refractivity contribution < 1.29 is 117 Å². The number of carbonyl (C=O) groups excluding carboxylic acids is 4. The number of alkyl halides is 6. The molecular formula is C63H64F6N14O21S4. The van der Waals surface area contributed by atoms with Crippen molar-refractivity contribution in [2.45, 2.75) is 59.5 Å². The normalized spacial score (nSPS) is 12.7. The fourth-order valence-electron chi connectivity index (χ4n) is 9.64. The summed E-state index contributed by atoms with van der Waals surface area (Å²) in [7, 11) is -8.50. The number of rotatable bonds is 22. The Bertz CT molecular complexity index is 5360. The van der Waals surface area contributed by atoms with Gasteiger partial charge in [0.1, 0.15) is 10.5 Å². The van der Waals surface area contributed by atoms with Gasteiger partial charge in [0.25, 0.3) is 37.3 Å². The maximum atomic E-state index is 13.3. The van der Waals surface area contributed by atoms with E-state index in [0.29, 0.717) is 43.2 Å². The zero-order valence-electron chi connectivity index (χ0n) is 58.2. The lowest BCUT2D eigenvalue weighted by Crippen LogP contribution is -2.35. The number of H-pyrrole nitrogens is 1. The lowest BCUT2D eigenvalue weighted by Gasteiger charge is -2.27. The second-order valence-electron chi connectivity index (χ2n) is 21.9. The number of nitrogens with one attached hydrogen (secondary N) is 5. The van der Waals surface area contributed by atoms with Gasteiger partial charge in [-0.3, -0.25) is 24.7 Å². The molecule has 10 rings (SSSR count). The molecule has 0 unspecified atom stereocenters. The molecule has 0 spiro atoms. The molecule has 45 heteroatoms.